The third-order valence-electron chi connectivity index (χ3n) is 2.93. The second-order valence-corrected chi connectivity index (χ2v) is 4.26. The maximum Gasteiger partial charge on any atom is 0.119 e. The molecule has 0 bridgehead atoms. The molecule has 0 aliphatic heterocycles. The molecule has 1 aromatic carbocycles. The second-order valence-electron chi connectivity index (χ2n) is 4.26. The zero-order chi connectivity index (χ0) is 12.2. The van der Waals surface area contributed by atoms with Gasteiger partial charge in [-0.2, -0.15) is 0 Å². The molecule has 1 aromatic rings. The van der Waals surface area contributed by atoms with Crippen LogP contribution in [0.1, 0.15) is 19.4 Å². The van der Waals surface area contributed by atoms with Crippen LogP contribution in [0.2, 0.25) is 0 Å². The van der Waals surface area contributed by atoms with Crippen molar-refractivity contribution in [1.29, 1.82) is 0 Å². The number of ether oxygens (including phenoxy) is 2. The molecule has 0 aliphatic rings. The molecule has 0 spiro atoms. The molecular weight excluding hydrogens is 204 g/mol. The predicted molar refractivity (Wildman–Crippen MR) is 63.8 cm³/mol. The highest BCUT2D eigenvalue weighted by Crippen LogP contribution is 2.21. The Labute approximate surface area is 97.0 Å². The van der Waals surface area contributed by atoms with E-state index in [1.54, 1.807) is 21.1 Å². The standard InChI is InChI=1S/C13H20O3/c1-10(15-3)13(2,14)9-11-6-5-7-12(8-11)16-4/h5-8,10,14H,9H2,1-4H3. The number of hydrogen-bond donors (Lipinski definition) is 1. The molecule has 0 heterocycles. The SMILES string of the molecule is COc1cccc(CC(C)(O)C(C)OC)c1. The Hall–Kier alpha value is -1.06. The van der Waals surface area contributed by atoms with Crippen molar-refractivity contribution in [2.24, 2.45) is 0 Å². The van der Waals surface area contributed by atoms with Crippen molar-refractivity contribution in [3.8, 4) is 5.75 Å². The quantitative estimate of drug-likeness (QED) is 0.831. The lowest BCUT2D eigenvalue weighted by Crippen LogP contribution is -2.40. The number of rotatable bonds is 5. The molecule has 2 unspecified atom stereocenters. The van der Waals surface area contributed by atoms with Crippen LogP contribution in [0.5, 0.6) is 5.75 Å². The largest absolute Gasteiger partial charge is 0.497 e. The topological polar surface area (TPSA) is 38.7 Å². The summed E-state index contributed by atoms with van der Waals surface area (Å²) in [4.78, 5) is 0. The molecule has 90 valence electrons. The van der Waals surface area contributed by atoms with Crippen molar-refractivity contribution >= 4 is 0 Å². The summed E-state index contributed by atoms with van der Waals surface area (Å²) in [6, 6.07) is 7.70. The van der Waals surface area contributed by atoms with Crippen molar-refractivity contribution in [3.05, 3.63) is 29.8 Å². The lowest BCUT2D eigenvalue weighted by Gasteiger charge is -2.29. The third kappa shape index (κ3) is 3.22. The first-order valence-corrected chi connectivity index (χ1v) is 5.37. The maximum absolute atomic E-state index is 10.2. The van der Waals surface area contributed by atoms with E-state index in [9.17, 15) is 5.11 Å². The fourth-order valence-electron chi connectivity index (χ4n) is 1.59. The Kier molecular flexibility index (Phi) is 4.33. The normalized spacial score (nSPS) is 16.6. The summed E-state index contributed by atoms with van der Waals surface area (Å²) in [5, 5.41) is 10.2. The first kappa shape index (κ1) is 13.0. The minimum Gasteiger partial charge on any atom is -0.497 e. The molecule has 0 saturated carbocycles. The molecule has 0 aliphatic carbocycles. The van der Waals surface area contributed by atoms with Crippen LogP contribution in [0, 0.1) is 0 Å². The Balaban J connectivity index is 2.79. The summed E-state index contributed by atoms with van der Waals surface area (Å²) < 4.78 is 10.3. The van der Waals surface area contributed by atoms with Gasteiger partial charge in [0, 0.05) is 13.5 Å². The van der Waals surface area contributed by atoms with Gasteiger partial charge in [0.1, 0.15) is 5.75 Å². The van der Waals surface area contributed by atoms with Gasteiger partial charge in [-0.1, -0.05) is 12.1 Å². The highest BCUT2D eigenvalue weighted by molar-refractivity contribution is 5.29. The highest BCUT2D eigenvalue weighted by Gasteiger charge is 2.28. The average Bonchev–Trinajstić information content (AvgIpc) is 2.27. The Morgan fingerprint density at radius 3 is 2.62 bits per heavy atom. The molecule has 3 nitrogen and oxygen atoms in total. The van der Waals surface area contributed by atoms with Crippen LogP contribution in [0.15, 0.2) is 24.3 Å². The van der Waals surface area contributed by atoms with Gasteiger partial charge >= 0.3 is 0 Å². The van der Waals surface area contributed by atoms with Gasteiger partial charge in [0.25, 0.3) is 0 Å². The Bertz CT molecular complexity index is 334. The van der Waals surface area contributed by atoms with Crippen molar-refractivity contribution in [2.75, 3.05) is 14.2 Å². The molecule has 0 amide bonds. The fourth-order valence-corrected chi connectivity index (χ4v) is 1.59. The van der Waals surface area contributed by atoms with Gasteiger partial charge in [-0.3, -0.25) is 0 Å². The van der Waals surface area contributed by atoms with Gasteiger partial charge in [-0.25, -0.2) is 0 Å². The first-order valence-electron chi connectivity index (χ1n) is 5.37. The molecule has 16 heavy (non-hydrogen) atoms. The van der Waals surface area contributed by atoms with E-state index in [1.807, 2.05) is 31.2 Å². The lowest BCUT2D eigenvalue weighted by atomic mass is 9.91. The van der Waals surface area contributed by atoms with Crippen molar-refractivity contribution in [3.63, 3.8) is 0 Å². The molecule has 1 rings (SSSR count). The van der Waals surface area contributed by atoms with Crippen LogP contribution in [0.25, 0.3) is 0 Å². The minimum absolute atomic E-state index is 0.210. The third-order valence-corrected chi connectivity index (χ3v) is 2.93. The highest BCUT2D eigenvalue weighted by atomic mass is 16.5. The molecule has 0 fully saturated rings. The van der Waals surface area contributed by atoms with E-state index in [1.165, 1.54) is 0 Å². The van der Waals surface area contributed by atoms with Crippen LogP contribution in [0.4, 0.5) is 0 Å². The first-order chi connectivity index (χ1) is 7.49. The van der Waals surface area contributed by atoms with E-state index in [-0.39, 0.29) is 6.10 Å². The fraction of sp³-hybridized carbons (Fsp3) is 0.538. The summed E-state index contributed by atoms with van der Waals surface area (Å²) in [5.41, 5.74) is 0.162. The summed E-state index contributed by atoms with van der Waals surface area (Å²) in [5.74, 6) is 0.804. The number of aliphatic hydroxyl groups is 1. The van der Waals surface area contributed by atoms with E-state index in [0.717, 1.165) is 11.3 Å². The van der Waals surface area contributed by atoms with Gasteiger partial charge in [0.05, 0.1) is 18.8 Å². The maximum atomic E-state index is 10.2. The van der Waals surface area contributed by atoms with Crippen molar-refractivity contribution in [1.82, 2.24) is 0 Å². The minimum atomic E-state index is -0.874. The number of benzene rings is 1. The number of hydrogen-bond acceptors (Lipinski definition) is 3. The van der Waals surface area contributed by atoms with E-state index in [2.05, 4.69) is 0 Å². The molecule has 1 N–H and O–H groups in total. The van der Waals surface area contributed by atoms with E-state index in [0.29, 0.717) is 6.42 Å². The van der Waals surface area contributed by atoms with Crippen LogP contribution < -0.4 is 4.74 Å². The van der Waals surface area contributed by atoms with Crippen LogP contribution in [-0.4, -0.2) is 31.0 Å². The summed E-state index contributed by atoms with van der Waals surface area (Å²) in [6.07, 6.45) is 0.331. The molecule has 0 saturated heterocycles. The summed E-state index contributed by atoms with van der Waals surface area (Å²) in [7, 11) is 3.24. The predicted octanol–water partition coefficient (Wildman–Crippen LogP) is 2.02. The summed E-state index contributed by atoms with van der Waals surface area (Å²) >= 11 is 0. The average molecular weight is 224 g/mol. The van der Waals surface area contributed by atoms with Crippen LogP contribution in [-0.2, 0) is 11.2 Å². The summed E-state index contributed by atoms with van der Waals surface area (Å²) in [6.45, 7) is 3.64. The van der Waals surface area contributed by atoms with E-state index < -0.39 is 5.60 Å². The molecule has 2 atom stereocenters. The zero-order valence-corrected chi connectivity index (χ0v) is 10.4. The van der Waals surface area contributed by atoms with Gasteiger partial charge in [-0.15, -0.1) is 0 Å². The lowest BCUT2D eigenvalue weighted by molar-refractivity contribution is -0.0715. The van der Waals surface area contributed by atoms with Gasteiger partial charge in [0.2, 0.25) is 0 Å². The second kappa shape index (κ2) is 5.32. The molecule has 0 radical (unpaired) electrons. The van der Waals surface area contributed by atoms with E-state index >= 15 is 0 Å². The van der Waals surface area contributed by atoms with Gasteiger partial charge < -0.3 is 14.6 Å². The molecular formula is C13H20O3. The zero-order valence-electron chi connectivity index (χ0n) is 10.4. The molecule has 3 heteroatoms. The van der Waals surface area contributed by atoms with Gasteiger partial charge in [0.15, 0.2) is 0 Å². The Morgan fingerprint density at radius 2 is 2.06 bits per heavy atom. The smallest absolute Gasteiger partial charge is 0.119 e. The Morgan fingerprint density at radius 1 is 1.38 bits per heavy atom. The monoisotopic (exact) mass is 224 g/mol. The van der Waals surface area contributed by atoms with Crippen LogP contribution in [0.3, 0.4) is 0 Å². The van der Waals surface area contributed by atoms with Crippen molar-refractivity contribution < 1.29 is 14.6 Å². The van der Waals surface area contributed by atoms with Crippen LogP contribution >= 0.6 is 0 Å². The van der Waals surface area contributed by atoms with E-state index in [4.69, 9.17) is 9.47 Å². The van der Waals surface area contributed by atoms with Gasteiger partial charge in [-0.05, 0) is 31.5 Å². The van der Waals surface area contributed by atoms with Crippen molar-refractivity contribution in [2.45, 2.75) is 32.0 Å². The molecule has 0 aromatic heterocycles. The number of methoxy groups -OCH3 is 2.